The molecule has 0 spiro atoms. The second-order valence-corrected chi connectivity index (χ2v) is 4.67. The molecule has 0 saturated carbocycles. The Morgan fingerprint density at radius 3 is 2.71 bits per heavy atom. The van der Waals surface area contributed by atoms with Crippen LogP contribution in [0.5, 0.6) is 0 Å². The van der Waals surface area contributed by atoms with E-state index in [1.54, 1.807) is 0 Å². The van der Waals surface area contributed by atoms with E-state index in [9.17, 15) is 0 Å². The lowest BCUT2D eigenvalue weighted by Gasteiger charge is -2.36. The number of nitrogens with zero attached hydrogens (tertiary/aromatic N) is 2. The van der Waals surface area contributed by atoms with Crippen LogP contribution in [0.25, 0.3) is 0 Å². The van der Waals surface area contributed by atoms with Gasteiger partial charge in [0, 0.05) is 19.3 Å². The Morgan fingerprint density at radius 2 is 2.18 bits per heavy atom. The summed E-state index contributed by atoms with van der Waals surface area (Å²) in [4.78, 5) is 6.78. The summed E-state index contributed by atoms with van der Waals surface area (Å²) in [5, 5.41) is 9.13. The predicted octanol–water partition coefficient (Wildman–Crippen LogP) is 0.786. The molecule has 0 aromatic carbocycles. The number of rotatable bonds is 4. The van der Waals surface area contributed by atoms with E-state index in [1.165, 1.54) is 0 Å². The van der Waals surface area contributed by atoms with Crippen LogP contribution in [-0.4, -0.2) is 41.2 Å². The molecule has 1 aliphatic heterocycles. The van der Waals surface area contributed by atoms with Crippen LogP contribution in [0.2, 0.25) is 0 Å². The molecule has 1 aromatic rings. The van der Waals surface area contributed by atoms with E-state index >= 15 is 0 Å². The fourth-order valence-electron chi connectivity index (χ4n) is 2.48. The number of hydrogen-bond acceptors (Lipinski definition) is 4. The van der Waals surface area contributed by atoms with Crippen LogP contribution in [0.15, 0.2) is 24.4 Å². The number of hydrogen-bond donors (Lipinski definition) is 2. The molecule has 0 amide bonds. The lowest BCUT2D eigenvalue weighted by molar-refractivity contribution is 0.101. The van der Waals surface area contributed by atoms with E-state index in [0.717, 1.165) is 31.6 Å². The van der Waals surface area contributed by atoms with Gasteiger partial charge in [0.05, 0.1) is 11.7 Å². The van der Waals surface area contributed by atoms with E-state index in [2.05, 4.69) is 9.88 Å². The molecule has 1 atom stereocenters. The van der Waals surface area contributed by atoms with Crippen molar-refractivity contribution < 1.29 is 5.11 Å². The lowest BCUT2D eigenvalue weighted by Crippen LogP contribution is -2.40. The molecule has 0 bridgehead atoms. The highest BCUT2D eigenvalue weighted by Gasteiger charge is 2.25. The quantitative estimate of drug-likeness (QED) is 0.810. The summed E-state index contributed by atoms with van der Waals surface area (Å²) in [5.74, 6) is 0.466. The Hall–Kier alpha value is -0.970. The largest absolute Gasteiger partial charge is 0.396 e. The Labute approximate surface area is 102 Å². The van der Waals surface area contributed by atoms with Gasteiger partial charge in [-0.1, -0.05) is 6.07 Å². The van der Waals surface area contributed by atoms with Crippen molar-refractivity contribution in [1.82, 2.24) is 9.88 Å². The number of aliphatic hydroxyl groups excluding tert-OH is 1. The molecule has 94 valence electrons. The van der Waals surface area contributed by atoms with Gasteiger partial charge in [0.2, 0.25) is 0 Å². The van der Waals surface area contributed by atoms with E-state index in [-0.39, 0.29) is 6.04 Å². The number of aromatic nitrogens is 1. The minimum absolute atomic E-state index is 0.218. The van der Waals surface area contributed by atoms with E-state index in [0.29, 0.717) is 19.1 Å². The molecule has 1 saturated heterocycles. The molecule has 17 heavy (non-hydrogen) atoms. The van der Waals surface area contributed by atoms with Gasteiger partial charge in [0.15, 0.2) is 0 Å². The molecular formula is C13H21N3O. The van der Waals surface area contributed by atoms with E-state index in [1.807, 2.05) is 24.4 Å². The van der Waals surface area contributed by atoms with Crippen LogP contribution in [0.3, 0.4) is 0 Å². The first-order valence-electron chi connectivity index (χ1n) is 6.31. The van der Waals surface area contributed by atoms with Crippen LogP contribution in [0.1, 0.15) is 24.6 Å². The number of piperidine rings is 1. The van der Waals surface area contributed by atoms with Crippen LogP contribution in [0.4, 0.5) is 0 Å². The van der Waals surface area contributed by atoms with Gasteiger partial charge in [0.1, 0.15) is 0 Å². The van der Waals surface area contributed by atoms with Crippen LogP contribution >= 0.6 is 0 Å². The van der Waals surface area contributed by atoms with Gasteiger partial charge in [-0.05, 0) is 44.0 Å². The summed E-state index contributed by atoms with van der Waals surface area (Å²) < 4.78 is 0. The van der Waals surface area contributed by atoms with Crippen LogP contribution in [-0.2, 0) is 0 Å². The molecule has 2 heterocycles. The highest BCUT2D eigenvalue weighted by molar-refractivity contribution is 5.09. The smallest absolute Gasteiger partial charge is 0.0644 e. The average Bonchev–Trinajstić information content (AvgIpc) is 2.42. The number of nitrogens with two attached hydrogens (primary N) is 1. The summed E-state index contributed by atoms with van der Waals surface area (Å²) in [6, 6.07) is 6.19. The second kappa shape index (κ2) is 6.10. The maximum Gasteiger partial charge on any atom is 0.0644 e. The molecule has 0 radical (unpaired) electrons. The molecule has 1 aromatic heterocycles. The lowest BCUT2D eigenvalue weighted by atomic mass is 9.96. The second-order valence-electron chi connectivity index (χ2n) is 4.67. The van der Waals surface area contributed by atoms with Gasteiger partial charge >= 0.3 is 0 Å². The molecular weight excluding hydrogens is 214 g/mol. The third-order valence-electron chi connectivity index (χ3n) is 3.60. The number of aliphatic hydroxyl groups is 1. The van der Waals surface area contributed by atoms with Crippen molar-refractivity contribution in [2.45, 2.75) is 18.9 Å². The maximum absolute atomic E-state index is 9.13. The van der Waals surface area contributed by atoms with Crippen molar-refractivity contribution in [1.29, 1.82) is 0 Å². The highest BCUT2D eigenvalue weighted by Crippen LogP contribution is 2.24. The Bertz CT molecular complexity index is 323. The number of pyridine rings is 1. The number of likely N-dealkylation sites (tertiary alicyclic amines) is 1. The zero-order chi connectivity index (χ0) is 12.1. The zero-order valence-corrected chi connectivity index (χ0v) is 10.1. The van der Waals surface area contributed by atoms with Gasteiger partial charge < -0.3 is 10.8 Å². The van der Waals surface area contributed by atoms with Gasteiger partial charge in [-0.25, -0.2) is 0 Å². The van der Waals surface area contributed by atoms with Gasteiger partial charge in [0.25, 0.3) is 0 Å². The van der Waals surface area contributed by atoms with E-state index in [4.69, 9.17) is 10.8 Å². The standard InChI is InChI=1S/C13H21N3O/c14-9-13(12-3-1-2-6-15-12)16-7-4-11(10-17)5-8-16/h1-3,6,11,13,17H,4-5,7-10,14H2. The summed E-state index contributed by atoms with van der Waals surface area (Å²) in [6.07, 6.45) is 3.93. The molecule has 1 aliphatic rings. The molecule has 1 fully saturated rings. The first-order chi connectivity index (χ1) is 8.35. The third-order valence-corrected chi connectivity index (χ3v) is 3.60. The van der Waals surface area contributed by atoms with E-state index < -0.39 is 0 Å². The van der Waals surface area contributed by atoms with Gasteiger partial charge in [-0.3, -0.25) is 9.88 Å². The minimum Gasteiger partial charge on any atom is -0.396 e. The van der Waals surface area contributed by atoms with Crippen molar-refractivity contribution in [2.24, 2.45) is 11.7 Å². The van der Waals surface area contributed by atoms with Crippen molar-refractivity contribution in [3.8, 4) is 0 Å². The summed E-state index contributed by atoms with van der Waals surface area (Å²) in [7, 11) is 0. The van der Waals surface area contributed by atoms with Crippen molar-refractivity contribution in [3.05, 3.63) is 30.1 Å². The molecule has 1 unspecified atom stereocenters. The first-order valence-corrected chi connectivity index (χ1v) is 6.31. The van der Waals surface area contributed by atoms with Gasteiger partial charge in [-0.15, -0.1) is 0 Å². The molecule has 4 heteroatoms. The van der Waals surface area contributed by atoms with Gasteiger partial charge in [-0.2, -0.15) is 0 Å². The molecule has 0 aliphatic carbocycles. The summed E-state index contributed by atoms with van der Waals surface area (Å²) >= 11 is 0. The Morgan fingerprint density at radius 1 is 1.41 bits per heavy atom. The van der Waals surface area contributed by atoms with Crippen molar-refractivity contribution in [3.63, 3.8) is 0 Å². The van der Waals surface area contributed by atoms with Crippen LogP contribution < -0.4 is 5.73 Å². The van der Waals surface area contributed by atoms with Crippen molar-refractivity contribution in [2.75, 3.05) is 26.2 Å². The minimum atomic E-state index is 0.218. The zero-order valence-electron chi connectivity index (χ0n) is 10.1. The fraction of sp³-hybridized carbons (Fsp3) is 0.615. The Balaban J connectivity index is 2.00. The molecule has 3 N–H and O–H groups in total. The normalized spacial score (nSPS) is 20.4. The third kappa shape index (κ3) is 3.03. The SMILES string of the molecule is NCC(c1ccccn1)N1CCC(CO)CC1. The first kappa shape index (κ1) is 12.5. The summed E-state index contributed by atoms with van der Waals surface area (Å²) in [5.41, 5.74) is 6.92. The fourth-order valence-corrected chi connectivity index (χ4v) is 2.48. The molecule has 2 rings (SSSR count). The molecule has 4 nitrogen and oxygen atoms in total. The van der Waals surface area contributed by atoms with Crippen molar-refractivity contribution >= 4 is 0 Å². The average molecular weight is 235 g/mol. The van der Waals surface area contributed by atoms with Crippen LogP contribution in [0, 0.1) is 5.92 Å². The maximum atomic E-state index is 9.13. The Kier molecular flexibility index (Phi) is 4.48. The summed E-state index contributed by atoms with van der Waals surface area (Å²) in [6.45, 7) is 2.92. The predicted molar refractivity (Wildman–Crippen MR) is 67.4 cm³/mol. The highest BCUT2D eigenvalue weighted by atomic mass is 16.3. The topological polar surface area (TPSA) is 62.4 Å². The monoisotopic (exact) mass is 235 g/mol.